The number of nitrogens with one attached hydrogen (secondary N) is 2. The summed E-state index contributed by atoms with van der Waals surface area (Å²) in [6, 6.07) is 48.0. The zero-order valence-electron chi connectivity index (χ0n) is 33.4. The lowest BCUT2D eigenvalue weighted by Gasteiger charge is -2.07. The number of fused-ring (bicyclic) bond motifs is 8. The van der Waals surface area contributed by atoms with Crippen molar-refractivity contribution < 1.29 is 15.2 Å². The van der Waals surface area contributed by atoms with E-state index in [1.807, 2.05) is 134 Å². The number of carboxylic acid groups (broad SMARTS) is 1. The Morgan fingerprint density at radius 2 is 0.967 bits per heavy atom. The summed E-state index contributed by atoms with van der Waals surface area (Å²) in [7, 11) is 0. The quantitative estimate of drug-likeness (QED) is 0.114. The average molecular weight is 795 g/mol. The largest absolute Gasteiger partial charge is 0.544 e. The van der Waals surface area contributed by atoms with Gasteiger partial charge in [-0.1, -0.05) is 121 Å². The number of quaternary nitrogens is 1. The molecule has 296 valence electrons. The van der Waals surface area contributed by atoms with Gasteiger partial charge in [0.1, 0.15) is 6.07 Å². The topological polar surface area (TPSA) is 138 Å². The molecule has 8 heteroatoms. The summed E-state index contributed by atoms with van der Waals surface area (Å²) in [5, 5.41) is 24.5. The number of aromatic amines is 2. The Kier molecular flexibility index (Phi) is 11.1. The molecule has 0 radical (unpaired) electrons. The fraction of sp³-hybridized carbons (Fsp3) is 0.0943. The molecule has 10 rings (SSSR count). The number of carbonyl (C=O) groups excluding carboxylic acids is 1. The standard InChI is InChI=1S/C48H31N5O2.C5H11N/c49-29-35(48(54)55)27-34-28-42-45(32-17-9-3-10-18-32)40-24-23-38(51-40)43(30-13-5-1-6-14-30)36-21-22-37(50-36)44(31-15-7-2-8-16-31)39-25-26-41(52-39)46(47(34)53-42)33-19-11-4-12-20-33;1-2-4-6-5-3-1/h1-28,50,53H,(H,54,55);6H,1-5H2/b35-27+,43-36?,43-38?,44-37?,44-39?,45-40?,45-42?,46-41?,47-46?;. The Morgan fingerprint density at radius 1 is 0.557 bits per heavy atom. The molecule has 3 aliphatic rings. The van der Waals surface area contributed by atoms with Crippen LogP contribution in [0.3, 0.4) is 0 Å². The monoisotopic (exact) mass is 794 g/mol. The van der Waals surface area contributed by atoms with E-state index < -0.39 is 11.5 Å². The molecule has 3 aliphatic heterocycles. The summed E-state index contributed by atoms with van der Waals surface area (Å²) in [6.07, 6.45) is 13.7. The molecule has 1 saturated heterocycles. The number of hydrogen-bond acceptors (Lipinski definition) is 5. The number of aliphatic carboxylic acids is 1. The Bertz CT molecular complexity index is 3030. The molecular weight excluding hydrogens is 753 g/mol. The molecule has 4 N–H and O–H groups in total. The van der Waals surface area contributed by atoms with Gasteiger partial charge in [0, 0.05) is 44.4 Å². The van der Waals surface area contributed by atoms with Gasteiger partial charge in [0.25, 0.3) is 0 Å². The van der Waals surface area contributed by atoms with Crippen LogP contribution in [0.15, 0.2) is 145 Å². The van der Waals surface area contributed by atoms with Gasteiger partial charge in [-0.25, -0.2) is 9.97 Å². The second-order valence-corrected chi connectivity index (χ2v) is 15.1. The summed E-state index contributed by atoms with van der Waals surface area (Å²) in [6.45, 7) is 2.75. The van der Waals surface area contributed by atoms with Crippen LogP contribution in [0.2, 0.25) is 0 Å². The van der Waals surface area contributed by atoms with Crippen LogP contribution in [0, 0.1) is 11.3 Å². The highest BCUT2D eigenvalue weighted by Gasteiger charge is 2.20. The second-order valence-electron chi connectivity index (χ2n) is 15.1. The van der Waals surface area contributed by atoms with E-state index in [0.29, 0.717) is 28.0 Å². The van der Waals surface area contributed by atoms with Crippen LogP contribution in [0.4, 0.5) is 0 Å². The maximum absolute atomic E-state index is 12.2. The minimum Gasteiger partial charge on any atom is -0.544 e. The molecule has 0 aliphatic carbocycles. The first-order valence-corrected chi connectivity index (χ1v) is 20.6. The highest BCUT2D eigenvalue weighted by molar-refractivity contribution is 6.04. The number of hydrogen-bond donors (Lipinski definition) is 3. The van der Waals surface area contributed by atoms with Gasteiger partial charge >= 0.3 is 0 Å². The number of piperidine rings is 1. The fourth-order valence-electron chi connectivity index (χ4n) is 8.25. The maximum atomic E-state index is 12.2. The number of nitrogens with two attached hydrogens (primary N) is 1. The minimum absolute atomic E-state index is 0.487. The molecule has 0 unspecified atom stereocenters. The lowest BCUT2D eigenvalue weighted by atomic mass is 10.0. The molecule has 0 saturated carbocycles. The third-order valence-corrected chi connectivity index (χ3v) is 11.1. The number of benzene rings is 4. The molecule has 7 aromatic rings. The van der Waals surface area contributed by atoms with Crippen molar-refractivity contribution in [2.75, 3.05) is 13.1 Å². The van der Waals surface area contributed by atoms with E-state index in [-0.39, 0.29) is 0 Å². The van der Waals surface area contributed by atoms with E-state index in [4.69, 9.17) is 9.97 Å². The normalized spacial score (nSPS) is 13.3. The lowest BCUT2D eigenvalue weighted by molar-refractivity contribution is -0.662. The number of nitrogens with zero attached hydrogens (tertiary/aromatic N) is 3. The van der Waals surface area contributed by atoms with E-state index in [2.05, 4.69) is 51.7 Å². The molecule has 8 bridgehead atoms. The van der Waals surface area contributed by atoms with Gasteiger partial charge in [-0.3, -0.25) is 0 Å². The number of carbonyl (C=O) groups is 1. The number of H-pyrrole nitrogens is 2. The van der Waals surface area contributed by atoms with E-state index >= 15 is 0 Å². The van der Waals surface area contributed by atoms with Gasteiger partial charge in [0.15, 0.2) is 0 Å². The minimum atomic E-state index is -1.56. The molecule has 4 aromatic carbocycles. The predicted molar refractivity (Wildman–Crippen MR) is 245 cm³/mol. The number of aromatic nitrogens is 4. The highest BCUT2D eigenvalue weighted by Crippen LogP contribution is 2.39. The highest BCUT2D eigenvalue weighted by atomic mass is 16.4. The summed E-state index contributed by atoms with van der Waals surface area (Å²) < 4.78 is 0. The van der Waals surface area contributed by atoms with Crippen LogP contribution in [0.5, 0.6) is 0 Å². The van der Waals surface area contributed by atoms with E-state index in [9.17, 15) is 15.2 Å². The molecule has 8 nitrogen and oxygen atoms in total. The molecule has 61 heavy (non-hydrogen) atoms. The van der Waals surface area contributed by atoms with Crippen LogP contribution in [-0.2, 0) is 4.79 Å². The summed E-state index contributed by atoms with van der Waals surface area (Å²) in [5.74, 6) is -1.56. The molecule has 3 aromatic heterocycles. The van der Waals surface area contributed by atoms with Crippen molar-refractivity contribution in [1.82, 2.24) is 19.9 Å². The Hall–Kier alpha value is -7.86. The molecule has 6 heterocycles. The van der Waals surface area contributed by atoms with Crippen LogP contribution in [0.1, 0.15) is 47.6 Å². The third kappa shape index (κ3) is 8.11. The summed E-state index contributed by atoms with van der Waals surface area (Å²) in [4.78, 5) is 30.2. The van der Waals surface area contributed by atoms with Crippen LogP contribution >= 0.6 is 0 Å². The number of nitriles is 1. The zero-order valence-corrected chi connectivity index (χ0v) is 33.4. The van der Waals surface area contributed by atoms with Crippen LogP contribution < -0.4 is 10.4 Å². The Morgan fingerprint density at radius 3 is 1.34 bits per heavy atom. The van der Waals surface area contributed by atoms with Crippen LogP contribution in [0.25, 0.3) is 97.0 Å². The van der Waals surface area contributed by atoms with Gasteiger partial charge in [-0.2, -0.15) is 5.26 Å². The first-order chi connectivity index (χ1) is 30.1. The average Bonchev–Trinajstić information content (AvgIpc) is 4.16. The van der Waals surface area contributed by atoms with Crippen molar-refractivity contribution in [3.05, 3.63) is 173 Å². The number of carboxylic acids is 1. The van der Waals surface area contributed by atoms with Crippen LogP contribution in [-0.4, -0.2) is 39.0 Å². The lowest BCUT2D eigenvalue weighted by Crippen LogP contribution is -2.85. The third-order valence-electron chi connectivity index (χ3n) is 11.1. The molecule has 0 amide bonds. The van der Waals surface area contributed by atoms with Crippen molar-refractivity contribution in [3.8, 4) is 50.6 Å². The second kappa shape index (κ2) is 17.6. The van der Waals surface area contributed by atoms with Crippen molar-refractivity contribution in [3.63, 3.8) is 0 Å². The maximum Gasteiger partial charge on any atom is 0.101 e. The first kappa shape index (κ1) is 38.6. The molecular formula is C53H42N6O2. The van der Waals surface area contributed by atoms with E-state index in [1.165, 1.54) is 38.4 Å². The number of rotatable bonds is 6. The van der Waals surface area contributed by atoms with Gasteiger partial charge in [0.2, 0.25) is 0 Å². The molecule has 1 fully saturated rings. The first-order valence-electron chi connectivity index (χ1n) is 20.6. The predicted octanol–water partition coefficient (Wildman–Crippen LogP) is 9.71. The zero-order chi connectivity index (χ0) is 41.5. The van der Waals surface area contributed by atoms with E-state index in [1.54, 1.807) is 0 Å². The van der Waals surface area contributed by atoms with Crippen molar-refractivity contribution in [2.24, 2.45) is 0 Å². The smallest absolute Gasteiger partial charge is 0.101 e. The summed E-state index contributed by atoms with van der Waals surface area (Å²) >= 11 is 0. The van der Waals surface area contributed by atoms with Gasteiger partial charge < -0.3 is 25.2 Å². The van der Waals surface area contributed by atoms with Gasteiger partial charge in [-0.15, -0.1) is 0 Å². The van der Waals surface area contributed by atoms with E-state index in [0.717, 1.165) is 66.9 Å². The fourth-order valence-corrected chi connectivity index (χ4v) is 8.25. The Balaban J connectivity index is 0.000000732. The SMILES string of the molecule is C1CC[NH2+]CC1.N#C/C(=C\c1cc2[nH]c1c(-c1ccccc1)c1nc(c(-c3ccccc3)c3ccc([nH]3)c(-c3ccccc3)c3nc(c2-c2ccccc2)C=C3)C=C1)C(=O)[O-]. The molecule has 0 atom stereocenters. The van der Waals surface area contributed by atoms with Gasteiger partial charge in [0.05, 0.1) is 52.9 Å². The van der Waals surface area contributed by atoms with Crippen molar-refractivity contribution in [2.45, 2.75) is 19.3 Å². The summed E-state index contributed by atoms with van der Waals surface area (Å²) in [5.41, 5.74) is 13.1. The van der Waals surface area contributed by atoms with Crippen molar-refractivity contribution >= 4 is 58.4 Å². The van der Waals surface area contributed by atoms with Gasteiger partial charge in [-0.05, 0) is 90.1 Å². The Labute approximate surface area is 354 Å². The molecule has 0 spiro atoms. The van der Waals surface area contributed by atoms with Crippen molar-refractivity contribution in [1.29, 1.82) is 5.26 Å².